The first-order valence-electron chi connectivity index (χ1n) is 8.41. The van der Waals surface area contributed by atoms with Crippen molar-refractivity contribution in [3.8, 4) is 5.75 Å². The monoisotopic (exact) mass is 354 g/mol. The molecule has 7 heteroatoms. The van der Waals surface area contributed by atoms with Gasteiger partial charge < -0.3 is 10.1 Å². The van der Waals surface area contributed by atoms with E-state index in [-0.39, 0.29) is 17.3 Å². The molecule has 1 saturated carbocycles. The van der Waals surface area contributed by atoms with Crippen LogP contribution in [0.15, 0.2) is 29.2 Å². The molecular formula is C17H26N2O4S. The summed E-state index contributed by atoms with van der Waals surface area (Å²) in [7, 11) is -2.04. The van der Waals surface area contributed by atoms with Crippen molar-refractivity contribution in [3.05, 3.63) is 24.3 Å². The second kappa shape index (κ2) is 9.03. The number of nitrogens with one attached hydrogen (secondary N) is 2. The topological polar surface area (TPSA) is 84.5 Å². The highest BCUT2D eigenvalue weighted by atomic mass is 32.2. The number of carbonyl (C=O) groups is 1. The number of hydrogen-bond acceptors (Lipinski definition) is 4. The molecule has 24 heavy (non-hydrogen) atoms. The number of ether oxygens (including phenoxy) is 1. The third kappa shape index (κ3) is 5.79. The second-order valence-corrected chi connectivity index (χ2v) is 7.90. The summed E-state index contributed by atoms with van der Waals surface area (Å²) in [4.78, 5) is 12.1. The quantitative estimate of drug-likeness (QED) is 0.700. The van der Waals surface area contributed by atoms with Gasteiger partial charge in [-0.1, -0.05) is 19.3 Å². The minimum absolute atomic E-state index is 0.00513. The highest BCUT2D eigenvalue weighted by Gasteiger charge is 2.17. The van der Waals surface area contributed by atoms with Crippen molar-refractivity contribution < 1.29 is 17.9 Å². The van der Waals surface area contributed by atoms with E-state index < -0.39 is 10.0 Å². The van der Waals surface area contributed by atoms with Crippen LogP contribution in [0.3, 0.4) is 0 Å². The fourth-order valence-corrected chi connectivity index (χ4v) is 3.98. The van der Waals surface area contributed by atoms with Crippen LogP contribution in [0.1, 0.15) is 38.5 Å². The standard InChI is InChI=1S/C17H26N2O4S/c1-23-15-7-9-16(10-8-15)24(21,22)19-12-11-18-17(20)13-14-5-3-2-4-6-14/h7-10,14,19H,2-6,11-13H2,1H3,(H,18,20). The van der Waals surface area contributed by atoms with E-state index in [1.165, 1.54) is 38.5 Å². The number of carbonyl (C=O) groups excluding carboxylic acids is 1. The fraction of sp³-hybridized carbons (Fsp3) is 0.588. The van der Waals surface area contributed by atoms with Crippen molar-refractivity contribution in [1.29, 1.82) is 0 Å². The van der Waals surface area contributed by atoms with Gasteiger partial charge in [0.1, 0.15) is 5.75 Å². The molecule has 0 heterocycles. The SMILES string of the molecule is COc1ccc(S(=O)(=O)NCCNC(=O)CC2CCCCC2)cc1. The Bertz CT molecular complexity index is 622. The Labute approximate surface area is 144 Å². The minimum atomic E-state index is -3.57. The zero-order valence-corrected chi connectivity index (χ0v) is 14.9. The number of rotatable bonds is 8. The van der Waals surface area contributed by atoms with Crippen LogP contribution >= 0.6 is 0 Å². The summed E-state index contributed by atoms with van der Waals surface area (Å²) >= 11 is 0. The van der Waals surface area contributed by atoms with Crippen LogP contribution in [-0.2, 0) is 14.8 Å². The highest BCUT2D eigenvalue weighted by Crippen LogP contribution is 2.25. The van der Waals surface area contributed by atoms with Gasteiger partial charge in [0, 0.05) is 19.5 Å². The lowest BCUT2D eigenvalue weighted by Gasteiger charge is -2.20. The Morgan fingerprint density at radius 3 is 2.42 bits per heavy atom. The number of benzene rings is 1. The molecule has 6 nitrogen and oxygen atoms in total. The molecule has 0 spiro atoms. The lowest BCUT2D eigenvalue weighted by Crippen LogP contribution is -2.35. The van der Waals surface area contributed by atoms with E-state index in [2.05, 4.69) is 10.0 Å². The van der Waals surface area contributed by atoms with Crippen molar-refractivity contribution in [2.24, 2.45) is 5.92 Å². The Balaban J connectivity index is 1.71. The van der Waals surface area contributed by atoms with Gasteiger partial charge in [-0.25, -0.2) is 13.1 Å². The van der Waals surface area contributed by atoms with Gasteiger partial charge in [0.25, 0.3) is 0 Å². The van der Waals surface area contributed by atoms with Crippen LogP contribution < -0.4 is 14.8 Å². The van der Waals surface area contributed by atoms with Crippen LogP contribution in [-0.4, -0.2) is 34.5 Å². The number of amides is 1. The molecule has 2 N–H and O–H groups in total. The highest BCUT2D eigenvalue weighted by molar-refractivity contribution is 7.89. The predicted octanol–water partition coefficient (Wildman–Crippen LogP) is 2.06. The summed E-state index contributed by atoms with van der Waals surface area (Å²) in [5.74, 6) is 1.09. The fourth-order valence-electron chi connectivity index (χ4n) is 2.95. The van der Waals surface area contributed by atoms with Crippen molar-refractivity contribution in [2.75, 3.05) is 20.2 Å². The van der Waals surface area contributed by atoms with Gasteiger partial charge in [0.2, 0.25) is 15.9 Å². The molecule has 1 aromatic rings. The molecule has 1 aromatic carbocycles. The van der Waals surface area contributed by atoms with Gasteiger partial charge >= 0.3 is 0 Å². The van der Waals surface area contributed by atoms with Gasteiger partial charge in [0.15, 0.2) is 0 Å². The molecule has 1 aliphatic carbocycles. The summed E-state index contributed by atoms with van der Waals surface area (Å²) in [6, 6.07) is 6.17. The average molecular weight is 354 g/mol. The molecule has 0 aromatic heterocycles. The van der Waals surface area contributed by atoms with Crippen LogP contribution in [0.25, 0.3) is 0 Å². The first kappa shape index (κ1) is 18.7. The Morgan fingerprint density at radius 2 is 1.79 bits per heavy atom. The maximum atomic E-state index is 12.1. The normalized spacial score (nSPS) is 15.9. The third-order valence-electron chi connectivity index (χ3n) is 4.31. The lowest BCUT2D eigenvalue weighted by molar-refractivity contribution is -0.122. The summed E-state index contributed by atoms with van der Waals surface area (Å²) in [5.41, 5.74) is 0. The summed E-state index contributed by atoms with van der Waals surface area (Å²) < 4.78 is 31.8. The minimum Gasteiger partial charge on any atom is -0.497 e. The molecule has 0 aliphatic heterocycles. The van der Waals surface area contributed by atoms with Crippen LogP contribution in [0.2, 0.25) is 0 Å². The Hall–Kier alpha value is -1.60. The van der Waals surface area contributed by atoms with Crippen LogP contribution in [0.4, 0.5) is 0 Å². The molecule has 134 valence electrons. The Morgan fingerprint density at radius 1 is 1.12 bits per heavy atom. The number of hydrogen-bond donors (Lipinski definition) is 2. The zero-order chi connectivity index (χ0) is 17.4. The molecule has 1 fully saturated rings. The largest absolute Gasteiger partial charge is 0.497 e. The van der Waals surface area contributed by atoms with Crippen molar-refractivity contribution in [2.45, 2.75) is 43.4 Å². The predicted molar refractivity (Wildman–Crippen MR) is 92.4 cm³/mol. The molecule has 0 bridgehead atoms. The molecule has 1 amide bonds. The van der Waals surface area contributed by atoms with E-state index in [1.54, 1.807) is 12.1 Å². The van der Waals surface area contributed by atoms with Gasteiger partial charge in [-0.15, -0.1) is 0 Å². The average Bonchev–Trinajstić information content (AvgIpc) is 2.60. The Kier molecular flexibility index (Phi) is 7.05. The van der Waals surface area contributed by atoms with Crippen molar-refractivity contribution in [1.82, 2.24) is 10.0 Å². The summed E-state index contributed by atoms with van der Waals surface area (Å²) in [6.45, 7) is 0.464. The number of sulfonamides is 1. The van der Waals surface area contributed by atoms with Gasteiger partial charge in [-0.3, -0.25) is 4.79 Å². The molecular weight excluding hydrogens is 328 g/mol. The van der Waals surface area contributed by atoms with Crippen LogP contribution in [0, 0.1) is 5.92 Å². The van der Waals surface area contributed by atoms with E-state index in [0.717, 1.165) is 12.8 Å². The maximum Gasteiger partial charge on any atom is 0.240 e. The van der Waals surface area contributed by atoms with Crippen molar-refractivity contribution >= 4 is 15.9 Å². The van der Waals surface area contributed by atoms with E-state index in [0.29, 0.717) is 24.6 Å². The van der Waals surface area contributed by atoms with E-state index in [1.807, 2.05) is 0 Å². The smallest absolute Gasteiger partial charge is 0.240 e. The lowest BCUT2D eigenvalue weighted by atomic mass is 9.87. The molecule has 0 unspecified atom stereocenters. The van der Waals surface area contributed by atoms with Gasteiger partial charge in [-0.2, -0.15) is 0 Å². The summed E-state index contributed by atoms with van der Waals surface area (Å²) in [5, 5.41) is 2.79. The van der Waals surface area contributed by atoms with E-state index in [4.69, 9.17) is 4.74 Å². The van der Waals surface area contributed by atoms with E-state index in [9.17, 15) is 13.2 Å². The molecule has 0 radical (unpaired) electrons. The maximum absolute atomic E-state index is 12.1. The van der Waals surface area contributed by atoms with E-state index >= 15 is 0 Å². The summed E-state index contributed by atoms with van der Waals surface area (Å²) in [6.07, 6.45) is 6.48. The number of methoxy groups -OCH3 is 1. The molecule has 0 saturated heterocycles. The van der Waals surface area contributed by atoms with Crippen LogP contribution in [0.5, 0.6) is 5.75 Å². The van der Waals surface area contributed by atoms with Gasteiger partial charge in [0.05, 0.1) is 12.0 Å². The molecule has 0 atom stereocenters. The van der Waals surface area contributed by atoms with Gasteiger partial charge in [-0.05, 0) is 43.0 Å². The third-order valence-corrected chi connectivity index (χ3v) is 5.78. The molecule has 2 rings (SSSR count). The second-order valence-electron chi connectivity index (χ2n) is 6.13. The molecule has 1 aliphatic rings. The zero-order valence-electron chi connectivity index (χ0n) is 14.1. The van der Waals surface area contributed by atoms with Crippen molar-refractivity contribution in [3.63, 3.8) is 0 Å². The first-order valence-corrected chi connectivity index (χ1v) is 9.90. The first-order chi connectivity index (χ1) is 11.5.